The van der Waals surface area contributed by atoms with Crippen molar-refractivity contribution in [1.29, 1.82) is 0 Å². The number of anilines is 1. The summed E-state index contributed by atoms with van der Waals surface area (Å²) < 4.78 is 5.41. The van der Waals surface area contributed by atoms with Crippen LogP contribution >= 0.6 is 11.6 Å². The fraction of sp³-hybridized carbons (Fsp3) is 0.350. The van der Waals surface area contributed by atoms with E-state index in [1.165, 1.54) is 5.56 Å². The van der Waals surface area contributed by atoms with E-state index in [4.69, 9.17) is 16.3 Å². The van der Waals surface area contributed by atoms with Crippen molar-refractivity contribution in [2.24, 2.45) is 0 Å². The predicted octanol–water partition coefficient (Wildman–Crippen LogP) is 3.74. The summed E-state index contributed by atoms with van der Waals surface area (Å²) in [7, 11) is 1.70. The van der Waals surface area contributed by atoms with Crippen molar-refractivity contribution in [3.63, 3.8) is 0 Å². The van der Waals surface area contributed by atoms with Gasteiger partial charge in [0, 0.05) is 43.4 Å². The van der Waals surface area contributed by atoms with Gasteiger partial charge in [-0.15, -0.1) is 0 Å². The van der Waals surface area contributed by atoms with Crippen LogP contribution in [0, 0.1) is 0 Å². The van der Waals surface area contributed by atoms with Gasteiger partial charge in [0.2, 0.25) is 0 Å². The van der Waals surface area contributed by atoms with Crippen molar-refractivity contribution < 1.29 is 9.53 Å². The molecule has 1 heterocycles. The molecule has 1 aliphatic rings. The summed E-state index contributed by atoms with van der Waals surface area (Å²) in [6, 6.07) is 15.3. The number of methoxy groups -OCH3 is 1. The van der Waals surface area contributed by atoms with Gasteiger partial charge in [-0.1, -0.05) is 35.9 Å². The molecule has 26 heavy (non-hydrogen) atoms. The number of benzene rings is 2. The molecule has 1 aliphatic heterocycles. The molecule has 6 heteroatoms. The number of hydrogen-bond donors (Lipinski definition) is 1. The maximum absolute atomic E-state index is 12.4. The average molecular weight is 374 g/mol. The molecule has 0 atom stereocenters. The Bertz CT molecular complexity index is 745. The average Bonchev–Trinajstić information content (AvgIpc) is 2.67. The lowest BCUT2D eigenvalue weighted by atomic mass is 10.1. The van der Waals surface area contributed by atoms with Crippen molar-refractivity contribution in [2.45, 2.75) is 6.42 Å². The van der Waals surface area contributed by atoms with E-state index in [9.17, 15) is 4.79 Å². The van der Waals surface area contributed by atoms with Gasteiger partial charge in [0.15, 0.2) is 0 Å². The number of nitrogens with one attached hydrogen (secondary N) is 1. The van der Waals surface area contributed by atoms with E-state index in [1.54, 1.807) is 19.2 Å². The number of nitrogens with zero attached hydrogens (tertiary/aromatic N) is 2. The summed E-state index contributed by atoms with van der Waals surface area (Å²) in [5.41, 5.74) is 1.94. The fourth-order valence-electron chi connectivity index (χ4n) is 3.13. The lowest BCUT2D eigenvalue weighted by molar-refractivity contribution is 0.148. The van der Waals surface area contributed by atoms with Crippen LogP contribution in [0.3, 0.4) is 0 Å². The molecule has 0 bridgehead atoms. The maximum Gasteiger partial charge on any atom is 0.321 e. The van der Waals surface area contributed by atoms with Crippen LogP contribution in [0.15, 0.2) is 48.5 Å². The summed E-state index contributed by atoms with van der Waals surface area (Å²) in [5, 5.41) is 3.52. The zero-order valence-corrected chi connectivity index (χ0v) is 15.7. The molecule has 3 rings (SSSR count). The zero-order chi connectivity index (χ0) is 18.4. The van der Waals surface area contributed by atoms with Crippen LogP contribution in [0.2, 0.25) is 5.02 Å². The Labute approximate surface area is 159 Å². The Hall–Kier alpha value is -2.24. The van der Waals surface area contributed by atoms with E-state index < -0.39 is 0 Å². The SMILES string of the molecule is COc1ccccc1CCN1CCN(C(=O)Nc2cccc(Cl)c2)CC1. The van der Waals surface area contributed by atoms with Crippen LogP contribution in [0.4, 0.5) is 10.5 Å². The van der Waals surface area contributed by atoms with E-state index in [0.29, 0.717) is 5.02 Å². The van der Waals surface area contributed by atoms with Crippen LogP contribution in [-0.2, 0) is 6.42 Å². The van der Waals surface area contributed by atoms with Crippen molar-refractivity contribution in [3.05, 3.63) is 59.1 Å². The van der Waals surface area contributed by atoms with Crippen molar-refractivity contribution >= 4 is 23.3 Å². The highest BCUT2D eigenvalue weighted by atomic mass is 35.5. The maximum atomic E-state index is 12.4. The van der Waals surface area contributed by atoms with E-state index in [1.807, 2.05) is 35.2 Å². The second-order valence-corrected chi connectivity index (χ2v) is 6.77. The lowest BCUT2D eigenvalue weighted by Gasteiger charge is -2.34. The fourth-order valence-corrected chi connectivity index (χ4v) is 3.32. The second kappa shape index (κ2) is 8.92. The molecule has 2 amide bonds. The molecular weight excluding hydrogens is 350 g/mol. The highest BCUT2D eigenvalue weighted by Crippen LogP contribution is 2.19. The number of para-hydroxylation sites is 1. The Morgan fingerprint density at radius 1 is 1.12 bits per heavy atom. The summed E-state index contributed by atoms with van der Waals surface area (Å²) in [6.07, 6.45) is 0.943. The van der Waals surface area contributed by atoms with Gasteiger partial charge in [-0.05, 0) is 36.2 Å². The number of rotatable bonds is 5. The van der Waals surface area contributed by atoms with Gasteiger partial charge >= 0.3 is 6.03 Å². The number of amides is 2. The third kappa shape index (κ3) is 4.90. The van der Waals surface area contributed by atoms with E-state index in [2.05, 4.69) is 16.3 Å². The van der Waals surface area contributed by atoms with Crippen LogP contribution in [0.1, 0.15) is 5.56 Å². The van der Waals surface area contributed by atoms with Crippen LogP contribution in [0.5, 0.6) is 5.75 Å². The highest BCUT2D eigenvalue weighted by molar-refractivity contribution is 6.30. The zero-order valence-electron chi connectivity index (χ0n) is 15.0. The normalized spacial score (nSPS) is 14.9. The number of urea groups is 1. The minimum absolute atomic E-state index is 0.0726. The first-order valence-corrected chi connectivity index (χ1v) is 9.19. The Balaban J connectivity index is 1.46. The largest absolute Gasteiger partial charge is 0.496 e. The van der Waals surface area contributed by atoms with Crippen molar-refractivity contribution in [1.82, 2.24) is 9.80 Å². The topological polar surface area (TPSA) is 44.8 Å². The molecule has 1 saturated heterocycles. The van der Waals surface area contributed by atoms with Gasteiger partial charge in [0.05, 0.1) is 7.11 Å². The van der Waals surface area contributed by atoms with Crippen LogP contribution in [0.25, 0.3) is 0 Å². The molecule has 0 unspecified atom stereocenters. The van der Waals surface area contributed by atoms with Crippen LogP contribution in [-0.4, -0.2) is 55.7 Å². The van der Waals surface area contributed by atoms with Gasteiger partial charge in [0.1, 0.15) is 5.75 Å². The molecule has 1 fully saturated rings. The highest BCUT2D eigenvalue weighted by Gasteiger charge is 2.21. The minimum atomic E-state index is -0.0726. The third-order valence-electron chi connectivity index (χ3n) is 4.63. The molecule has 2 aromatic rings. The first-order chi connectivity index (χ1) is 12.7. The summed E-state index contributed by atoms with van der Waals surface area (Å²) >= 11 is 5.96. The first kappa shape index (κ1) is 18.5. The third-order valence-corrected chi connectivity index (χ3v) is 4.86. The first-order valence-electron chi connectivity index (χ1n) is 8.81. The quantitative estimate of drug-likeness (QED) is 0.868. The molecule has 0 aliphatic carbocycles. The van der Waals surface area contributed by atoms with Gasteiger partial charge in [-0.2, -0.15) is 0 Å². The van der Waals surface area contributed by atoms with Crippen molar-refractivity contribution in [2.75, 3.05) is 45.2 Å². The lowest BCUT2D eigenvalue weighted by Crippen LogP contribution is -2.50. The predicted molar refractivity (Wildman–Crippen MR) is 105 cm³/mol. The Kier molecular flexibility index (Phi) is 6.36. The van der Waals surface area contributed by atoms with Crippen molar-refractivity contribution in [3.8, 4) is 5.75 Å². The minimum Gasteiger partial charge on any atom is -0.496 e. The van der Waals surface area contributed by atoms with E-state index in [0.717, 1.165) is 50.6 Å². The molecular formula is C20H24ClN3O2. The number of carbonyl (C=O) groups excluding carboxylic acids is 1. The molecule has 0 aromatic heterocycles. The van der Waals surface area contributed by atoms with E-state index >= 15 is 0 Å². The number of hydrogen-bond acceptors (Lipinski definition) is 3. The molecule has 2 aromatic carbocycles. The number of halogens is 1. The van der Waals surface area contributed by atoms with Gasteiger partial charge in [-0.3, -0.25) is 4.90 Å². The Morgan fingerprint density at radius 3 is 2.62 bits per heavy atom. The van der Waals surface area contributed by atoms with Gasteiger partial charge in [0.25, 0.3) is 0 Å². The second-order valence-electron chi connectivity index (χ2n) is 6.33. The molecule has 5 nitrogen and oxygen atoms in total. The molecule has 138 valence electrons. The molecule has 0 saturated carbocycles. The number of ether oxygens (including phenoxy) is 1. The van der Waals surface area contributed by atoms with E-state index in [-0.39, 0.29) is 6.03 Å². The summed E-state index contributed by atoms with van der Waals surface area (Å²) in [5.74, 6) is 0.937. The van der Waals surface area contributed by atoms with Gasteiger partial charge < -0.3 is 15.0 Å². The Morgan fingerprint density at radius 2 is 1.88 bits per heavy atom. The van der Waals surface area contributed by atoms with Gasteiger partial charge in [-0.25, -0.2) is 4.79 Å². The monoisotopic (exact) mass is 373 g/mol. The summed E-state index contributed by atoms with van der Waals surface area (Å²) in [6.45, 7) is 4.15. The molecule has 1 N–H and O–H groups in total. The smallest absolute Gasteiger partial charge is 0.321 e. The number of carbonyl (C=O) groups is 1. The number of piperazine rings is 1. The van der Waals surface area contributed by atoms with Crippen LogP contribution < -0.4 is 10.1 Å². The molecule has 0 spiro atoms. The molecule has 0 radical (unpaired) electrons. The summed E-state index contributed by atoms with van der Waals surface area (Å²) in [4.78, 5) is 16.6. The standard InChI is InChI=1S/C20H24ClN3O2/c1-26-19-8-3-2-5-16(19)9-10-23-11-13-24(14-12-23)20(25)22-18-7-4-6-17(21)15-18/h2-8,15H,9-14H2,1H3,(H,22,25).